The van der Waals surface area contributed by atoms with Crippen molar-refractivity contribution in [1.82, 2.24) is 5.09 Å². The molecule has 0 saturated heterocycles. The van der Waals surface area contributed by atoms with Gasteiger partial charge in [0.1, 0.15) is 0 Å². The molecule has 0 radical (unpaired) electrons. The fraction of sp³-hybridized carbons (Fsp3) is 1.00. The zero-order chi connectivity index (χ0) is 9.45. The first kappa shape index (κ1) is 12.4. The van der Waals surface area contributed by atoms with Gasteiger partial charge in [-0.1, -0.05) is 0 Å². The zero-order valence-electron chi connectivity index (χ0n) is 6.70. The monoisotopic (exact) mass is 216 g/mol. The highest BCUT2D eigenvalue weighted by atomic mass is 35.5. The smallest absolute Gasteiger partial charge is 0.330 e. The predicted molar refractivity (Wildman–Crippen MR) is 48.2 cm³/mol. The summed E-state index contributed by atoms with van der Waals surface area (Å²) < 4.78 is 15.6. The second-order valence-electron chi connectivity index (χ2n) is 2.09. The molecule has 0 saturated carbocycles. The van der Waals surface area contributed by atoms with Crippen LogP contribution >= 0.6 is 19.3 Å². The van der Waals surface area contributed by atoms with Crippen LogP contribution in [0.3, 0.4) is 0 Å². The van der Waals surface area contributed by atoms with E-state index in [1.165, 1.54) is 0 Å². The maximum atomic E-state index is 11.0. The van der Waals surface area contributed by atoms with Crippen LogP contribution in [-0.2, 0) is 9.09 Å². The van der Waals surface area contributed by atoms with Crippen molar-refractivity contribution in [2.75, 3.05) is 25.6 Å². The Kier molecular flexibility index (Phi) is 7.04. The van der Waals surface area contributed by atoms with Gasteiger partial charge in [-0.3, -0.25) is 4.52 Å². The predicted octanol–water partition coefficient (Wildman–Crippen LogP) is 0.281. The molecule has 0 aromatic rings. The molecule has 0 aliphatic heterocycles. The summed E-state index contributed by atoms with van der Waals surface area (Å²) >= 11 is 5.30. The molecule has 1 unspecified atom stereocenters. The van der Waals surface area contributed by atoms with Gasteiger partial charge in [0.25, 0.3) is 0 Å². The van der Waals surface area contributed by atoms with E-state index in [-0.39, 0.29) is 19.0 Å². The lowest BCUT2D eigenvalue weighted by molar-refractivity contribution is 0.249. The average Bonchev–Trinajstić information content (AvgIpc) is 2.01. The molecular formula is C5H14ClN2O3P. The summed E-state index contributed by atoms with van der Waals surface area (Å²) in [4.78, 5) is 8.99. The fourth-order valence-electron chi connectivity index (χ4n) is 0.501. The molecule has 0 heterocycles. The van der Waals surface area contributed by atoms with Crippen LogP contribution in [0, 0.1) is 0 Å². The van der Waals surface area contributed by atoms with Gasteiger partial charge in [0.05, 0.1) is 6.61 Å². The van der Waals surface area contributed by atoms with Crippen molar-refractivity contribution in [2.24, 2.45) is 5.73 Å². The number of hydrogen-bond acceptors (Lipinski definition) is 3. The third-order valence-electron chi connectivity index (χ3n) is 1.02. The molecule has 74 valence electrons. The first-order chi connectivity index (χ1) is 5.62. The van der Waals surface area contributed by atoms with Crippen LogP contribution in [0.2, 0.25) is 0 Å². The third-order valence-corrected chi connectivity index (χ3v) is 2.37. The lowest BCUT2D eigenvalue weighted by Gasteiger charge is -2.11. The lowest BCUT2D eigenvalue weighted by atomic mass is 10.5. The SMILES string of the molecule is NCCCOP(=O)(O)NCCCl. The molecule has 4 N–H and O–H groups in total. The Balaban J connectivity index is 3.49. The highest BCUT2D eigenvalue weighted by Crippen LogP contribution is 2.36. The Morgan fingerprint density at radius 1 is 1.67 bits per heavy atom. The first-order valence-electron chi connectivity index (χ1n) is 3.61. The Labute approximate surface area is 76.8 Å². The maximum Gasteiger partial charge on any atom is 0.402 e. The quantitative estimate of drug-likeness (QED) is 0.323. The molecule has 1 atom stereocenters. The Hall–Kier alpha value is 0.360. The fourth-order valence-corrected chi connectivity index (χ4v) is 1.59. The minimum absolute atomic E-state index is 0.180. The molecule has 0 aliphatic carbocycles. The van der Waals surface area contributed by atoms with Gasteiger partial charge in [0.2, 0.25) is 0 Å². The van der Waals surface area contributed by atoms with Crippen LogP contribution < -0.4 is 10.8 Å². The summed E-state index contributed by atoms with van der Waals surface area (Å²) in [7, 11) is -3.63. The molecule has 0 aromatic carbocycles. The number of nitrogens with one attached hydrogen (secondary N) is 1. The highest BCUT2D eigenvalue weighted by Gasteiger charge is 2.16. The molecule has 0 rings (SSSR count). The molecule has 0 aromatic heterocycles. The van der Waals surface area contributed by atoms with Gasteiger partial charge >= 0.3 is 7.75 Å². The molecule has 0 aliphatic rings. The molecule has 0 spiro atoms. The minimum atomic E-state index is -3.63. The summed E-state index contributed by atoms with van der Waals surface area (Å²) in [5.41, 5.74) is 5.17. The van der Waals surface area contributed by atoms with Gasteiger partial charge < -0.3 is 10.6 Å². The number of alkyl halides is 1. The van der Waals surface area contributed by atoms with Crippen LogP contribution in [0.4, 0.5) is 0 Å². The van der Waals surface area contributed by atoms with Gasteiger partial charge in [0, 0.05) is 12.4 Å². The van der Waals surface area contributed by atoms with Crippen molar-refractivity contribution >= 4 is 19.3 Å². The minimum Gasteiger partial charge on any atom is -0.330 e. The number of nitrogens with two attached hydrogens (primary N) is 1. The van der Waals surface area contributed by atoms with E-state index in [9.17, 15) is 4.57 Å². The molecule has 0 bridgehead atoms. The Morgan fingerprint density at radius 2 is 2.33 bits per heavy atom. The third kappa shape index (κ3) is 7.03. The number of halogens is 1. The van der Waals surface area contributed by atoms with Gasteiger partial charge in [-0.2, -0.15) is 0 Å². The molecule has 0 amide bonds. The van der Waals surface area contributed by atoms with Crippen molar-refractivity contribution in [1.29, 1.82) is 0 Å². The highest BCUT2D eigenvalue weighted by molar-refractivity contribution is 7.50. The van der Waals surface area contributed by atoms with Gasteiger partial charge in [-0.15, -0.1) is 11.6 Å². The molecule has 7 heteroatoms. The maximum absolute atomic E-state index is 11.0. The van der Waals surface area contributed by atoms with Gasteiger partial charge in [0.15, 0.2) is 0 Å². The van der Waals surface area contributed by atoms with E-state index in [1.807, 2.05) is 0 Å². The molecule has 12 heavy (non-hydrogen) atoms. The average molecular weight is 217 g/mol. The van der Waals surface area contributed by atoms with E-state index in [0.717, 1.165) is 0 Å². The standard InChI is InChI=1S/C5H14ClN2O3P/c6-2-4-8-12(9,10)11-5-1-3-7/h1-5,7H2,(H2,8,9,10). The summed E-state index contributed by atoms with van der Waals surface area (Å²) in [5.74, 6) is 0.269. The van der Waals surface area contributed by atoms with Crippen molar-refractivity contribution in [3.05, 3.63) is 0 Å². The second-order valence-corrected chi connectivity index (χ2v) is 4.09. The molecule has 5 nitrogen and oxygen atoms in total. The van der Waals surface area contributed by atoms with Crippen molar-refractivity contribution in [3.63, 3.8) is 0 Å². The second kappa shape index (κ2) is 6.83. The van der Waals surface area contributed by atoms with Gasteiger partial charge in [-0.25, -0.2) is 9.65 Å². The largest absolute Gasteiger partial charge is 0.402 e. The normalized spacial score (nSPS) is 15.9. The van der Waals surface area contributed by atoms with E-state index in [2.05, 4.69) is 9.61 Å². The van der Waals surface area contributed by atoms with E-state index in [4.69, 9.17) is 22.2 Å². The molecule has 0 fully saturated rings. The summed E-state index contributed by atoms with van der Waals surface area (Å²) in [6.07, 6.45) is 0.563. The number of rotatable bonds is 7. The van der Waals surface area contributed by atoms with Gasteiger partial charge in [-0.05, 0) is 13.0 Å². The lowest BCUT2D eigenvalue weighted by Crippen LogP contribution is -2.15. The van der Waals surface area contributed by atoms with Crippen LogP contribution in [0.15, 0.2) is 0 Å². The van der Waals surface area contributed by atoms with Crippen LogP contribution in [0.25, 0.3) is 0 Å². The Morgan fingerprint density at radius 3 is 2.83 bits per heavy atom. The van der Waals surface area contributed by atoms with Crippen molar-refractivity contribution in [2.45, 2.75) is 6.42 Å². The number of hydrogen-bond donors (Lipinski definition) is 3. The van der Waals surface area contributed by atoms with E-state index in [0.29, 0.717) is 13.0 Å². The van der Waals surface area contributed by atoms with E-state index in [1.54, 1.807) is 0 Å². The van der Waals surface area contributed by atoms with Crippen molar-refractivity contribution < 1.29 is 14.0 Å². The van der Waals surface area contributed by atoms with Crippen LogP contribution in [0.1, 0.15) is 6.42 Å². The summed E-state index contributed by atoms with van der Waals surface area (Å²) in [5, 5.41) is 2.28. The molecular weight excluding hydrogens is 202 g/mol. The Bertz CT molecular complexity index is 158. The van der Waals surface area contributed by atoms with Crippen LogP contribution in [-0.4, -0.2) is 30.5 Å². The topological polar surface area (TPSA) is 84.6 Å². The van der Waals surface area contributed by atoms with E-state index < -0.39 is 7.75 Å². The summed E-state index contributed by atoms with van der Waals surface area (Å²) in [6.45, 7) is 0.868. The summed E-state index contributed by atoms with van der Waals surface area (Å²) in [6, 6.07) is 0. The van der Waals surface area contributed by atoms with Crippen molar-refractivity contribution in [3.8, 4) is 0 Å². The van der Waals surface area contributed by atoms with E-state index >= 15 is 0 Å². The first-order valence-corrected chi connectivity index (χ1v) is 5.72. The zero-order valence-corrected chi connectivity index (χ0v) is 8.35. The van der Waals surface area contributed by atoms with Crippen LogP contribution in [0.5, 0.6) is 0 Å².